The molecule has 0 amide bonds. The molecule has 1 aliphatic heterocycles. The maximum Gasteiger partial charge on any atom is 0.305 e. The Morgan fingerprint density at radius 2 is 2.33 bits per heavy atom. The number of aryl methyl sites for hydroxylation is 1. The first-order valence-corrected chi connectivity index (χ1v) is 9.28. The molecule has 2 heterocycles. The van der Waals surface area contributed by atoms with Crippen LogP contribution in [0.3, 0.4) is 0 Å². The molecule has 0 saturated carbocycles. The highest BCUT2D eigenvalue weighted by molar-refractivity contribution is 8.00. The summed E-state index contributed by atoms with van der Waals surface area (Å²) in [5.74, 6) is -0.140. The zero-order chi connectivity index (χ0) is 15.5. The fourth-order valence-corrected chi connectivity index (χ4v) is 4.95. The molecular weight excluding hydrogens is 314 g/mol. The van der Waals surface area contributed by atoms with Crippen LogP contribution in [0, 0.1) is 0 Å². The third-order valence-electron chi connectivity index (χ3n) is 3.36. The quantitative estimate of drug-likeness (QED) is 0.830. The van der Waals surface area contributed by atoms with Crippen molar-refractivity contribution in [2.45, 2.75) is 36.5 Å². The number of aliphatic carboxylic acids is 1. The first-order valence-electron chi connectivity index (χ1n) is 6.79. The molecule has 0 bridgehead atoms. The summed E-state index contributed by atoms with van der Waals surface area (Å²) >= 11 is 1.80. The molecule has 1 aliphatic rings. The van der Waals surface area contributed by atoms with Gasteiger partial charge in [-0.25, -0.2) is 8.42 Å². The van der Waals surface area contributed by atoms with Gasteiger partial charge in [0.15, 0.2) is 0 Å². The summed E-state index contributed by atoms with van der Waals surface area (Å²) < 4.78 is 27.9. The Hall–Kier alpha value is -1.06. The molecule has 1 unspecified atom stereocenters. The number of aromatic nitrogens is 2. The van der Waals surface area contributed by atoms with Crippen molar-refractivity contribution in [3.63, 3.8) is 0 Å². The summed E-state index contributed by atoms with van der Waals surface area (Å²) in [5, 5.41) is 12.9. The number of nitrogens with zero attached hydrogens (tertiary/aromatic N) is 3. The molecule has 0 aliphatic carbocycles. The molecule has 0 spiro atoms. The largest absolute Gasteiger partial charge is 0.481 e. The van der Waals surface area contributed by atoms with Crippen molar-refractivity contribution in [3.05, 3.63) is 12.4 Å². The van der Waals surface area contributed by atoms with Crippen LogP contribution in [0.2, 0.25) is 0 Å². The smallest absolute Gasteiger partial charge is 0.305 e. The van der Waals surface area contributed by atoms with Gasteiger partial charge in [0.1, 0.15) is 4.90 Å². The Bertz CT molecular complexity index is 599. The SMILES string of the molecule is CCC1CN(S(=O)(=O)c2cnn(CCC(=O)O)c2)CCS1. The van der Waals surface area contributed by atoms with Gasteiger partial charge in [0.2, 0.25) is 10.0 Å². The van der Waals surface area contributed by atoms with Crippen molar-refractivity contribution in [2.24, 2.45) is 0 Å². The maximum absolute atomic E-state index is 12.5. The summed E-state index contributed by atoms with van der Waals surface area (Å²) in [4.78, 5) is 10.7. The van der Waals surface area contributed by atoms with Gasteiger partial charge in [0.25, 0.3) is 0 Å². The first-order chi connectivity index (χ1) is 9.93. The highest BCUT2D eigenvalue weighted by Gasteiger charge is 2.30. The highest BCUT2D eigenvalue weighted by Crippen LogP contribution is 2.25. The number of carboxylic acid groups (broad SMARTS) is 1. The Morgan fingerprint density at radius 3 is 3.00 bits per heavy atom. The third kappa shape index (κ3) is 3.98. The van der Waals surface area contributed by atoms with E-state index in [1.165, 1.54) is 21.4 Å². The van der Waals surface area contributed by atoms with Gasteiger partial charge in [-0.05, 0) is 6.42 Å². The van der Waals surface area contributed by atoms with Crippen LogP contribution in [-0.4, -0.2) is 57.7 Å². The summed E-state index contributed by atoms with van der Waals surface area (Å²) in [7, 11) is -3.53. The van der Waals surface area contributed by atoms with Gasteiger partial charge in [0.05, 0.1) is 19.2 Å². The number of sulfonamides is 1. The Morgan fingerprint density at radius 1 is 1.57 bits per heavy atom. The number of rotatable bonds is 6. The average molecular weight is 333 g/mol. The molecule has 0 aromatic carbocycles. The van der Waals surface area contributed by atoms with Crippen LogP contribution >= 0.6 is 11.8 Å². The second kappa shape index (κ2) is 6.80. The van der Waals surface area contributed by atoms with Crippen molar-refractivity contribution in [3.8, 4) is 0 Å². The minimum Gasteiger partial charge on any atom is -0.481 e. The third-order valence-corrected chi connectivity index (χ3v) is 6.55. The van der Waals surface area contributed by atoms with E-state index in [2.05, 4.69) is 12.0 Å². The molecule has 7 nitrogen and oxygen atoms in total. The van der Waals surface area contributed by atoms with Crippen LogP contribution in [0.15, 0.2) is 17.3 Å². The van der Waals surface area contributed by atoms with E-state index in [0.717, 1.165) is 12.2 Å². The van der Waals surface area contributed by atoms with Crippen LogP contribution in [-0.2, 0) is 21.4 Å². The molecule has 1 fully saturated rings. The number of thioether (sulfide) groups is 1. The van der Waals surface area contributed by atoms with E-state index in [9.17, 15) is 13.2 Å². The summed E-state index contributed by atoms with van der Waals surface area (Å²) in [6.45, 7) is 3.24. The number of carboxylic acids is 1. The normalized spacial score (nSPS) is 20.5. The van der Waals surface area contributed by atoms with Crippen molar-refractivity contribution in [1.82, 2.24) is 14.1 Å². The predicted molar refractivity (Wildman–Crippen MR) is 79.8 cm³/mol. The summed E-state index contributed by atoms with van der Waals surface area (Å²) in [5.41, 5.74) is 0. The van der Waals surface area contributed by atoms with E-state index >= 15 is 0 Å². The molecule has 118 valence electrons. The van der Waals surface area contributed by atoms with E-state index in [-0.39, 0.29) is 17.9 Å². The van der Waals surface area contributed by atoms with E-state index < -0.39 is 16.0 Å². The number of hydrogen-bond acceptors (Lipinski definition) is 5. The van der Waals surface area contributed by atoms with Gasteiger partial charge in [-0.1, -0.05) is 6.92 Å². The van der Waals surface area contributed by atoms with E-state index in [1.807, 2.05) is 0 Å². The lowest BCUT2D eigenvalue weighted by Crippen LogP contribution is -2.41. The van der Waals surface area contributed by atoms with Crippen LogP contribution in [0.4, 0.5) is 0 Å². The van der Waals surface area contributed by atoms with Gasteiger partial charge in [-0.3, -0.25) is 9.48 Å². The Labute approximate surface area is 128 Å². The number of hydrogen-bond donors (Lipinski definition) is 1. The van der Waals surface area contributed by atoms with Crippen LogP contribution in [0.5, 0.6) is 0 Å². The number of carbonyl (C=O) groups is 1. The van der Waals surface area contributed by atoms with Gasteiger partial charge in [-0.15, -0.1) is 0 Å². The van der Waals surface area contributed by atoms with Crippen molar-refractivity contribution in [2.75, 3.05) is 18.8 Å². The second-order valence-electron chi connectivity index (χ2n) is 4.85. The fourth-order valence-electron chi connectivity index (χ4n) is 2.12. The molecule has 1 aromatic heterocycles. The lowest BCUT2D eigenvalue weighted by molar-refractivity contribution is -0.137. The molecule has 9 heteroatoms. The molecule has 2 rings (SSSR count). The standard InChI is InChI=1S/C12H19N3O4S2/c1-2-10-8-15(5-6-20-10)21(18,19)11-7-13-14(9-11)4-3-12(16)17/h7,9-10H,2-6,8H2,1H3,(H,16,17). The molecule has 0 radical (unpaired) electrons. The van der Waals surface area contributed by atoms with Gasteiger partial charge in [-0.2, -0.15) is 21.2 Å². The Kier molecular flexibility index (Phi) is 5.28. The lowest BCUT2D eigenvalue weighted by atomic mass is 10.3. The van der Waals surface area contributed by atoms with Gasteiger partial charge >= 0.3 is 5.97 Å². The van der Waals surface area contributed by atoms with E-state index in [4.69, 9.17) is 5.11 Å². The zero-order valence-corrected chi connectivity index (χ0v) is 13.4. The minimum absolute atomic E-state index is 0.0839. The predicted octanol–water partition coefficient (Wildman–Crippen LogP) is 0.874. The van der Waals surface area contributed by atoms with Crippen LogP contribution < -0.4 is 0 Å². The molecular formula is C12H19N3O4S2. The zero-order valence-electron chi connectivity index (χ0n) is 11.8. The lowest BCUT2D eigenvalue weighted by Gasteiger charge is -2.30. The summed E-state index contributed by atoms with van der Waals surface area (Å²) in [6.07, 6.45) is 3.55. The topological polar surface area (TPSA) is 92.5 Å². The van der Waals surface area contributed by atoms with Gasteiger partial charge < -0.3 is 5.11 Å². The van der Waals surface area contributed by atoms with E-state index in [0.29, 0.717) is 18.3 Å². The summed E-state index contributed by atoms with van der Waals surface area (Å²) in [6, 6.07) is 0. The van der Waals surface area contributed by atoms with Crippen LogP contribution in [0.1, 0.15) is 19.8 Å². The second-order valence-corrected chi connectivity index (χ2v) is 8.19. The van der Waals surface area contributed by atoms with E-state index in [1.54, 1.807) is 11.8 Å². The molecule has 21 heavy (non-hydrogen) atoms. The fraction of sp³-hybridized carbons (Fsp3) is 0.667. The highest BCUT2D eigenvalue weighted by atomic mass is 32.2. The minimum atomic E-state index is -3.53. The maximum atomic E-state index is 12.5. The molecule has 1 atom stereocenters. The molecule has 1 aromatic rings. The molecule has 1 saturated heterocycles. The van der Waals surface area contributed by atoms with Crippen molar-refractivity contribution < 1.29 is 18.3 Å². The van der Waals surface area contributed by atoms with Crippen molar-refractivity contribution >= 4 is 27.8 Å². The van der Waals surface area contributed by atoms with Gasteiger partial charge in [0, 0.05) is 30.3 Å². The molecule has 1 N–H and O–H groups in total. The first kappa shape index (κ1) is 16.3. The monoisotopic (exact) mass is 333 g/mol. The van der Waals surface area contributed by atoms with Crippen LogP contribution in [0.25, 0.3) is 0 Å². The Balaban J connectivity index is 2.10. The van der Waals surface area contributed by atoms with Crippen molar-refractivity contribution in [1.29, 1.82) is 0 Å². The average Bonchev–Trinajstić information content (AvgIpc) is 2.95.